The Morgan fingerprint density at radius 3 is 2.80 bits per heavy atom. The minimum atomic E-state index is 0.324. The SMILES string of the molecule is CC(=O)C1CCN(Cc2cccs2)CC1. The van der Waals surface area contributed by atoms with Crippen molar-refractivity contribution in [1.29, 1.82) is 0 Å². The van der Waals surface area contributed by atoms with E-state index in [-0.39, 0.29) is 0 Å². The summed E-state index contributed by atoms with van der Waals surface area (Å²) in [5.74, 6) is 0.690. The van der Waals surface area contributed by atoms with Crippen LogP contribution < -0.4 is 0 Å². The number of ketones is 1. The summed E-state index contributed by atoms with van der Waals surface area (Å²) < 4.78 is 0. The predicted molar refractivity (Wildman–Crippen MR) is 63.0 cm³/mol. The van der Waals surface area contributed by atoms with Gasteiger partial charge in [-0.25, -0.2) is 0 Å². The van der Waals surface area contributed by atoms with Gasteiger partial charge in [0.05, 0.1) is 0 Å². The molecule has 1 fully saturated rings. The zero-order valence-electron chi connectivity index (χ0n) is 9.11. The van der Waals surface area contributed by atoms with Crippen LogP contribution in [0, 0.1) is 5.92 Å². The molecule has 0 amide bonds. The smallest absolute Gasteiger partial charge is 0.133 e. The molecule has 1 aliphatic rings. The summed E-state index contributed by atoms with van der Waals surface area (Å²) in [5, 5.41) is 2.12. The van der Waals surface area contributed by atoms with Gasteiger partial charge in [-0.2, -0.15) is 0 Å². The number of piperidine rings is 1. The summed E-state index contributed by atoms with van der Waals surface area (Å²) >= 11 is 1.82. The Morgan fingerprint density at radius 1 is 1.53 bits per heavy atom. The fourth-order valence-corrected chi connectivity index (χ4v) is 2.87. The lowest BCUT2D eigenvalue weighted by Gasteiger charge is -2.30. The van der Waals surface area contributed by atoms with Crippen molar-refractivity contribution in [3.8, 4) is 0 Å². The topological polar surface area (TPSA) is 20.3 Å². The third kappa shape index (κ3) is 2.89. The molecule has 1 saturated heterocycles. The van der Waals surface area contributed by atoms with Crippen LogP contribution in [0.2, 0.25) is 0 Å². The summed E-state index contributed by atoms with van der Waals surface area (Å²) in [6, 6.07) is 4.28. The number of carbonyl (C=O) groups excluding carboxylic acids is 1. The first-order chi connectivity index (χ1) is 7.25. The average Bonchev–Trinajstić information content (AvgIpc) is 2.71. The molecule has 2 rings (SSSR count). The molecule has 1 aliphatic heterocycles. The molecule has 0 unspecified atom stereocenters. The van der Waals surface area contributed by atoms with Crippen LogP contribution in [-0.4, -0.2) is 23.8 Å². The van der Waals surface area contributed by atoms with Crippen molar-refractivity contribution in [3.63, 3.8) is 0 Å². The van der Waals surface area contributed by atoms with Crippen molar-refractivity contribution in [1.82, 2.24) is 4.90 Å². The van der Waals surface area contributed by atoms with E-state index < -0.39 is 0 Å². The summed E-state index contributed by atoms with van der Waals surface area (Å²) in [7, 11) is 0. The van der Waals surface area contributed by atoms with Gasteiger partial charge in [-0.05, 0) is 44.3 Å². The van der Waals surface area contributed by atoms with Gasteiger partial charge in [0, 0.05) is 17.3 Å². The van der Waals surface area contributed by atoms with Crippen molar-refractivity contribution in [2.24, 2.45) is 5.92 Å². The number of nitrogens with zero attached hydrogens (tertiary/aromatic N) is 1. The van der Waals surface area contributed by atoms with E-state index in [1.54, 1.807) is 6.92 Å². The monoisotopic (exact) mass is 223 g/mol. The maximum absolute atomic E-state index is 11.2. The fraction of sp³-hybridized carbons (Fsp3) is 0.583. The molecule has 0 spiro atoms. The fourth-order valence-electron chi connectivity index (χ4n) is 2.12. The first-order valence-electron chi connectivity index (χ1n) is 5.51. The van der Waals surface area contributed by atoms with E-state index in [9.17, 15) is 4.79 Å². The molecule has 0 radical (unpaired) electrons. The Morgan fingerprint density at radius 2 is 2.27 bits per heavy atom. The average molecular weight is 223 g/mol. The van der Waals surface area contributed by atoms with Crippen LogP contribution >= 0.6 is 11.3 Å². The predicted octanol–water partition coefficient (Wildman–Crippen LogP) is 2.55. The normalized spacial score (nSPS) is 19.3. The minimum absolute atomic E-state index is 0.324. The third-order valence-electron chi connectivity index (χ3n) is 3.12. The number of rotatable bonds is 3. The molecule has 0 bridgehead atoms. The Bertz CT molecular complexity index is 312. The van der Waals surface area contributed by atoms with E-state index in [2.05, 4.69) is 22.4 Å². The van der Waals surface area contributed by atoms with E-state index in [4.69, 9.17) is 0 Å². The molecule has 3 heteroatoms. The van der Waals surface area contributed by atoms with E-state index in [1.165, 1.54) is 4.88 Å². The Hall–Kier alpha value is -0.670. The molecular weight excluding hydrogens is 206 g/mol. The standard InChI is InChI=1S/C12H17NOS/c1-10(14)11-4-6-13(7-5-11)9-12-3-2-8-15-12/h2-3,8,11H,4-7,9H2,1H3. The number of hydrogen-bond acceptors (Lipinski definition) is 3. The Balaban J connectivity index is 1.81. The second kappa shape index (κ2) is 4.90. The number of carbonyl (C=O) groups is 1. The van der Waals surface area contributed by atoms with Crippen LogP contribution in [0.3, 0.4) is 0 Å². The summed E-state index contributed by atoms with van der Waals surface area (Å²) in [5.41, 5.74) is 0. The lowest BCUT2D eigenvalue weighted by Crippen LogP contribution is -2.35. The first kappa shape index (κ1) is 10.8. The number of Topliss-reactive ketones (excluding diaryl/α,β-unsaturated/α-hetero) is 1. The molecule has 0 saturated carbocycles. The largest absolute Gasteiger partial charge is 0.300 e. The highest BCUT2D eigenvalue weighted by Gasteiger charge is 2.22. The van der Waals surface area contributed by atoms with Gasteiger partial charge in [-0.3, -0.25) is 9.69 Å². The van der Waals surface area contributed by atoms with Gasteiger partial charge in [-0.15, -0.1) is 11.3 Å². The molecule has 1 aromatic heterocycles. The van der Waals surface area contributed by atoms with Crippen molar-refractivity contribution in [3.05, 3.63) is 22.4 Å². The number of hydrogen-bond donors (Lipinski definition) is 0. The van der Waals surface area contributed by atoms with E-state index >= 15 is 0 Å². The van der Waals surface area contributed by atoms with Crippen LogP contribution in [-0.2, 0) is 11.3 Å². The molecule has 82 valence electrons. The van der Waals surface area contributed by atoms with Gasteiger partial charge in [-0.1, -0.05) is 6.07 Å². The third-order valence-corrected chi connectivity index (χ3v) is 3.98. The molecular formula is C12H17NOS. The maximum Gasteiger partial charge on any atom is 0.133 e. The highest BCUT2D eigenvalue weighted by atomic mass is 32.1. The molecule has 0 aliphatic carbocycles. The lowest BCUT2D eigenvalue weighted by molar-refractivity contribution is -0.122. The molecule has 15 heavy (non-hydrogen) atoms. The Kier molecular flexibility index (Phi) is 3.54. The molecule has 0 aromatic carbocycles. The Labute approximate surface area is 94.9 Å². The maximum atomic E-state index is 11.2. The van der Waals surface area contributed by atoms with Crippen LogP contribution in [0.25, 0.3) is 0 Å². The van der Waals surface area contributed by atoms with Gasteiger partial charge in [0.2, 0.25) is 0 Å². The van der Waals surface area contributed by atoms with Crippen molar-refractivity contribution in [2.45, 2.75) is 26.3 Å². The first-order valence-corrected chi connectivity index (χ1v) is 6.39. The molecule has 0 N–H and O–H groups in total. The van der Waals surface area contributed by atoms with Gasteiger partial charge in [0.15, 0.2) is 0 Å². The van der Waals surface area contributed by atoms with Gasteiger partial charge in [0.1, 0.15) is 5.78 Å². The van der Waals surface area contributed by atoms with Crippen molar-refractivity contribution in [2.75, 3.05) is 13.1 Å². The number of likely N-dealkylation sites (tertiary alicyclic amines) is 1. The lowest BCUT2D eigenvalue weighted by atomic mass is 9.93. The second-order valence-electron chi connectivity index (χ2n) is 4.24. The van der Waals surface area contributed by atoms with E-state index in [0.29, 0.717) is 11.7 Å². The molecule has 2 nitrogen and oxygen atoms in total. The quantitative estimate of drug-likeness (QED) is 0.785. The summed E-state index contributed by atoms with van der Waals surface area (Å²) in [6.45, 7) is 4.92. The zero-order valence-corrected chi connectivity index (χ0v) is 9.93. The second-order valence-corrected chi connectivity index (χ2v) is 5.27. The summed E-state index contributed by atoms with van der Waals surface area (Å²) in [4.78, 5) is 15.1. The van der Waals surface area contributed by atoms with Crippen LogP contribution in [0.15, 0.2) is 17.5 Å². The highest BCUT2D eigenvalue weighted by Crippen LogP contribution is 2.20. The van der Waals surface area contributed by atoms with E-state index in [0.717, 1.165) is 32.5 Å². The van der Waals surface area contributed by atoms with E-state index in [1.807, 2.05) is 11.3 Å². The van der Waals surface area contributed by atoms with Crippen LogP contribution in [0.4, 0.5) is 0 Å². The summed E-state index contributed by atoms with van der Waals surface area (Å²) in [6.07, 6.45) is 2.08. The number of thiophene rings is 1. The van der Waals surface area contributed by atoms with Crippen LogP contribution in [0.5, 0.6) is 0 Å². The molecule has 0 atom stereocenters. The van der Waals surface area contributed by atoms with Crippen molar-refractivity contribution >= 4 is 17.1 Å². The molecule has 1 aromatic rings. The highest BCUT2D eigenvalue weighted by molar-refractivity contribution is 7.09. The molecule has 2 heterocycles. The van der Waals surface area contributed by atoms with Gasteiger partial charge < -0.3 is 0 Å². The minimum Gasteiger partial charge on any atom is -0.300 e. The van der Waals surface area contributed by atoms with Crippen molar-refractivity contribution < 1.29 is 4.79 Å². The zero-order chi connectivity index (χ0) is 10.7. The van der Waals surface area contributed by atoms with Gasteiger partial charge >= 0.3 is 0 Å². The van der Waals surface area contributed by atoms with Crippen LogP contribution in [0.1, 0.15) is 24.6 Å². The van der Waals surface area contributed by atoms with Gasteiger partial charge in [0.25, 0.3) is 0 Å².